The van der Waals surface area contributed by atoms with E-state index in [0.29, 0.717) is 12.2 Å². The highest BCUT2D eigenvalue weighted by molar-refractivity contribution is 6.10. The minimum absolute atomic E-state index is 0.225. The van der Waals surface area contributed by atoms with E-state index in [1.165, 1.54) is 0 Å². The molecule has 1 heterocycles. The first-order valence-corrected chi connectivity index (χ1v) is 8.11. The highest BCUT2D eigenvalue weighted by atomic mass is 16.5. The van der Waals surface area contributed by atoms with Crippen molar-refractivity contribution in [3.05, 3.63) is 65.6 Å². The van der Waals surface area contributed by atoms with E-state index in [2.05, 4.69) is 0 Å². The Balaban J connectivity index is 1.98. The number of furan rings is 1. The summed E-state index contributed by atoms with van der Waals surface area (Å²) >= 11 is 0. The van der Waals surface area contributed by atoms with E-state index < -0.39 is 11.9 Å². The Labute approximate surface area is 141 Å². The number of esters is 1. The number of allylic oxidation sites excluding steroid dienone is 2. The Hall–Kier alpha value is -2.62. The van der Waals surface area contributed by atoms with Gasteiger partial charge in [-0.05, 0) is 49.6 Å². The van der Waals surface area contributed by atoms with Crippen LogP contribution in [0.4, 0.5) is 0 Å². The Morgan fingerprint density at radius 2 is 2.00 bits per heavy atom. The van der Waals surface area contributed by atoms with Crippen molar-refractivity contribution in [3.8, 4) is 0 Å². The van der Waals surface area contributed by atoms with Crippen LogP contribution in [0.1, 0.15) is 36.1 Å². The molecule has 0 fully saturated rings. The van der Waals surface area contributed by atoms with E-state index in [1.54, 1.807) is 25.3 Å². The van der Waals surface area contributed by atoms with Gasteiger partial charge in [0.05, 0.1) is 12.9 Å². The predicted molar refractivity (Wildman–Crippen MR) is 90.4 cm³/mol. The fourth-order valence-electron chi connectivity index (χ4n) is 3.12. The van der Waals surface area contributed by atoms with Gasteiger partial charge in [-0.15, -0.1) is 0 Å². The van der Waals surface area contributed by atoms with Crippen LogP contribution in [-0.4, -0.2) is 18.4 Å². The van der Waals surface area contributed by atoms with Crippen LogP contribution in [0, 0.1) is 12.8 Å². The van der Waals surface area contributed by atoms with Gasteiger partial charge < -0.3 is 9.15 Å². The Morgan fingerprint density at radius 3 is 2.62 bits per heavy atom. The van der Waals surface area contributed by atoms with Gasteiger partial charge in [-0.3, -0.25) is 9.59 Å². The molecule has 3 rings (SSSR count). The van der Waals surface area contributed by atoms with Crippen LogP contribution in [0.2, 0.25) is 0 Å². The predicted octanol–water partition coefficient (Wildman–Crippen LogP) is 3.91. The first-order chi connectivity index (χ1) is 11.6. The van der Waals surface area contributed by atoms with Gasteiger partial charge in [0.15, 0.2) is 5.78 Å². The van der Waals surface area contributed by atoms with E-state index in [9.17, 15) is 9.59 Å². The molecule has 0 saturated carbocycles. The standard InChI is InChI=1S/C20H20O4/c1-3-23-20(22)19-16(18-5-4-10-24-18)11-15(12-17(19)21)14-8-6-13(2)7-9-14/h4-10,12,16,19H,3,11H2,1-2H3/t16-,19-/m0/s1. The normalized spacial score (nSPS) is 20.6. The zero-order chi connectivity index (χ0) is 17.1. The number of ketones is 1. The first-order valence-electron chi connectivity index (χ1n) is 8.11. The molecule has 1 aliphatic carbocycles. The van der Waals surface area contributed by atoms with Crippen molar-refractivity contribution in [1.82, 2.24) is 0 Å². The molecular formula is C20H20O4. The van der Waals surface area contributed by atoms with Crippen molar-refractivity contribution in [2.24, 2.45) is 5.92 Å². The second-order valence-corrected chi connectivity index (χ2v) is 5.99. The summed E-state index contributed by atoms with van der Waals surface area (Å²) in [7, 11) is 0. The summed E-state index contributed by atoms with van der Waals surface area (Å²) in [6.45, 7) is 4.01. The smallest absolute Gasteiger partial charge is 0.317 e. The number of carbonyl (C=O) groups excluding carboxylic acids is 2. The quantitative estimate of drug-likeness (QED) is 0.632. The molecular weight excluding hydrogens is 304 g/mol. The molecule has 124 valence electrons. The average Bonchev–Trinajstić information content (AvgIpc) is 3.09. The van der Waals surface area contributed by atoms with Crippen LogP contribution in [0.15, 0.2) is 53.2 Å². The highest BCUT2D eigenvalue weighted by Gasteiger charge is 2.41. The highest BCUT2D eigenvalue weighted by Crippen LogP contribution is 2.40. The maximum absolute atomic E-state index is 12.6. The monoisotopic (exact) mass is 324 g/mol. The maximum Gasteiger partial charge on any atom is 0.317 e. The lowest BCUT2D eigenvalue weighted by atomic mass is 9.75. The lowest BCUT2D eigenvalue weighted by molar-refractivity contribution is -0.151. The van der Waals surface area contributed by atoms with Gasteiger partial charge in [0, 0.05) is 5.92 Å². The molecule has 0 unspecified atom stereocenters. The summed E-state index contributed by atoms with van der Waals surface area (Å²) in [6.07, 6.45) is 3.70. The molecule has 0 aliphatic heterocycles. The molecule has 2 atom stereocenters. The molecule has 4 heteroatoms. The molecule has 0 bridgehead atoms. The van der Waals surface area contributed by atoms with Gasteiger partial charge in [0.1, 0.15) is 11.7 Å². The van der Waals surface area contributed by atoms with Crippen molar-refractivity contribution in [1.29, 1.82) is 0 Å². The van der Waals surface area contributed by atoms with E-state index >= 15 is 0 Å². The number of rotatable bonds is 4. The molecule has 4 nitrogen and oxygen atoms in total. The van der Waals surface area contributed by atoms with E-state index in [1.807, 2.05) is 37.3 Å². The largest absolute Gasteiger partial charge is 0.469 e. The van der Waals surface area contributed by atoms with E-state index in [-0.39, 0.29) is 18.3 Å². The van der Waals surface area contributed by atoms with Crippen molar-refractivity contribution in [2.45, 2.75) is 26.2 Å². The minimum Gasteiger partial charge on any atom is -0.469 e. The molecule has 0 amide bonds. The third-order valence-corrected chi connectivity index (χ3v) is 4.34. The number of hydrogen-bond donors (Lipinski definition) is 0. The van der Waals surface area contributed by atoms with Crippen LogP contribution in [0.5, 0.6) is 0 Å². The Morgan fingerprint density at radius 1 is 1.25 bits per heavy atom. The van der Waals surface area contributed by atoms with Crippen molar-refractivity contribution < 1.29 is 18.7 Å². The molecule has 0 saturated heterocycles. The summed E-state index contributed by atoms with van der Waals surface area (Å²) in [5.41, 5.74) is 3.07. The number of benzene rings is 1. The summed E-state index contributed by atoms with van der Waals surface area (Å²) in [4.78, 5) is 24.9. The number of hydrogen-bond acceptors (Lipinski definition) is 4. The summed E-state index contributed by atoms with van der Waals surface area (Å²) in [6, 6.07) is 11.6. The van der Waals surface area contributed by atoms with Crippen LogP contribution in [-0.2, 0) is 14.3 Å². The van der Waals surface area contributed by atoms with Gasteiger partial charge in [-0.25, -0.2) is 0 Å². The molecule has 24 heavy (non-hydrogen) atoms. The van der Waals surface area contributed by atoms with Gasteiger partial charge in [-0.1, -0.05) is 29.8 Å². The van der Waals surface area contributed by atoms with Crippen molar-refractivity contribution >= 4 is 17.3 Å². The molecule has 1 aromatic carbocycles. The first kappa shape index (κ1) is 16.2. The van der Waals surface area contributed by atoms with Crippen molar-refractivity contribution in [2.75, 3.05) is 6.61 Å². The molecule has 0 spiro atoms. The number of aryl methyl sites for hydroxylation is 1. The molecule has 2 aromatic rings. The second kappa shape index (κ2) is 6.87. The number of ether oxygens (including phenoxy) is 1. The lowest BCUT2D eigenvalue weighted by Crippen LogP contribution is -2.33. The maximum atomic E-state index is 12.6. The second-order valence-electron chi connectivity index (χ2n) is 5.99. The fourth-order valence-corrected chi connectivity index (χ4v) is 3.12. The Bertz CT molecular complexity index is 753. The van der Waals surface area contributed by atoms with E-state index in [0.717, 1.165) is 16.7 Å². The third-order valence-electron chi connectivity index (χ3n) is 4.34. The number of carbonyl (C=O) groups is 2. The molecule has 1 aliphatic rings. The van der Waals surface area contributed by atoms with Crippen molar-refractivity contribution in [3.63, 3.8) is 0 Å². The topological polar surface area (TPSA) is 56.5 Å². The van der Waals surface area contributed by atoms with Crippen LogP contribution >= 0.6 is 0 Å². The summed E-state index contributed by atoms with van der Waals surface area (Å²) in [5, 5.41) is 0. The molecule has 0 N–H and O–H groups in total. The SMILES string of the molecule is CCOC(=O)[C@@H]1C(=O)C=C(c2ccc(C)cc2)C[C@H]1c1ccco1. The fraction of sp³-hybridized carbons (Fsp3) is 0.300. The van der Waals surface area contributed by atoms with Crippen LogP contribution in [0.3, 0.4) is 0 Å². The molecule has 1 aromatic heterocycles. The average molecular weight is 324 g/mol. The summed E-state index contributed by atoms with van der Waals surface area (Å²) in [5.74, 6) is -1.25. The zero-order valence-electron chi connectivity index (χ0n) is 13.8. The zero-order valence-corrected chi connectivity index (χ0v) is 13.8. The minimum atomic E-state index is -0.842. The van der Waals surface area contributed by atoms with Gasteiger partial charge >= 0.3 is 5.97 Å². The third kappa shape index (κ3) is 3.18. The van der Waals surface area contributed by atoms with Crippen LogP contribution < -0.4 is 0 Å². The van der Waals surface area contributed by atoms with Gasteiger partial charge in [-0.2, -0.15) is 0 Å². The van der Waals surface area contributed by atoms with Gasteiger partial charge in [0.25, 0.3) is 0 Å². The lowest BCUT2D eigenvalue weighted by Gasteiger charge is -2.27. The molecule has 0 radical (unpaired) electrons. The van der Waals surface area contributed by atoms with Crippen LogP contribution in [0.25, 0.3) is 5.57 Å². The Kier molecular flexibility index (Phi) is 4.65. The van der Waals surface area contributed by atoms with E-state index in [4.69, 9.17) is 9.15 Å². The summed E-state index contributed by atoms with van der Waals surface area (Å²) < 4.78 is 10.6. The van der Waals surface area contributed by atoms with Gasteiger partial charge in [0.2, 0.25) is 0 Å².